The number of aromatic amines is 1. The Kier molecular flexibility index (Phi) is 6.49. The molecule has 1 aromatic carbocycles. The first-order valence-electron chi connectivity index (χ1n) is 9.13. The largest absolute Gasteiger partial charge is 0.465 e. The summed E-state index contributed by atoms with van der Waals surface area (Å²) in [6.45, 7) is 4.24. The summed E-state index contributed by atoms with van der Waals surface area (Å²) in [7, 11) is 1.54. The topological polar surface area (TPSA) is 99.0 Å². The Hall–Kier alpha value is -2.52. The lowest BCUT2D eigenvalue weighted by atomic mass is 10.2. The summed E-state index contributed by atoms with van der Waals surface area (Å²) in [5, 5.41) is 0.584. The molecule has 0 aliphatic carbocycles. The maximum Gasteiger partial charge on any atom is 0.329 e. The van der Waals surface area contributed by atoms with Gasteiger partial charge in [-0.25, -0.2) is 9.78 Å². The van der Waals surface area contributed by atoms with E-state index in [1.807, 2.05) is 19.1 Å². The number of H-pyrrole nitrogens is 1. The highest BCUT2D eigenvalue weighted by Gasteiger charge is 2.25. The molecule has 0 saturated carbocycles. The molecule has 0 amide bonds. The Morgan fingerprint density at radius 2 is 1.97 bits per heavy atom. The van der Waals surface area contributed by atoms with E-state index in [2.05, 4.69) is 9.97 Å². The number of benzene rings is 1. The van der Waals surface area contributed by atoms with Crippen molar-refractivity contribution in [3.63, 3.8) is 0 Å². The molecule has 1 unspecified atom stereocenters. The minimum atomic E-state index is -0.548. The van der Waals surface area contributed by atoms with Gasteiger partial charge in [0.25, 0.3) is 5.56 Å². The molecule has 0 aliphatic rings. The van der Waals surface area contributed by atoms with Gasteiger partial charge >= 0.3 is 11.7 Å². The number of imidazole rings is 1. The van der Waals surface area contributed by atoms with Crippen molar-refractivity contribution < 1.29 is 9.53 Å². The first-order chi connectivity index (χ1) is 13.8. The van der Waals surface area contributed by atoms with Gasteiger partial charge in [0, 0.05) is 12.1 Å². The molecule has 0 radical (unpaired) electrons. The molecule has 29 heavy (non-hydrogen) atoms. The Bertz CT molecular complexity index is 1150. The van der Waals surface area contributed by atoms with E-state index in [9.17, 15) is 14.4 Å². The number of esters is 1. The first kappa shape index (κ1) is 21.2. The van der Waals surface area contributed by atoms with Crippen LogP contribution in [0.4, 0.5) is 0 Å². The summed E-state index contributed by atoms with van der Waals surface area (Å²) >= 11 is 7.19. The zero-order valence-corrected chi connectivity index (χ0v) is 17.8. The zero-order chi connectivity index (χ0) is 21.1. The molecule has 2 aromatic heterocycles. The monoisotopic (exact) mass is 436 g/mol. The van der Waals surface area contributed by atoms with Crippen molar-refractivity contribution in [1.29, 1.82) is 0 Å². The van der Waals surface area contributed by atoms with Crippen LogP contribution in [0, 0.1) is 0 Å². The molecule has 154 valence electrons. The lowest BCUT2D eigenvalue weighted by Crippen LogP contribution is -2.29. The Labute approximate surface area is 175 Å². The third-order valence-electron chi connectivity index (χ3n) is 4.39. The molecular weight excluding hydrogens is 416 g/mol. The van der Waals surface area contributed by atoms with Crippen LogP contribution in [0.5, 0.6) is 0 Å². The third-order valence-corrected chi connectivity index (χ3v) is 5.98. The summed E-state index contributed by atoms with van der Waals surface area (Å²) in [6, 6.07) is 7.22. The van der Waals surface area contributed by atoms with Crippen LogP contribution in [0.2, 0.25) is 5.02 Å². The van der Waals surface area contributed by atoms with Crippen LogP contribution in [0.25, 0.3) is 11.2 Å². The van der Waals surface area contributed by atoms with Crippen molar-refractivity contribution in [1.82, 2.24) is 19.1 Å². The lowest BCUT2D eigenvalue weighted by molar-refractivity contribution is -0.142. The van der Waals surface area contributed by atoms with Gasteiger partial charge in [-0.15, -0.1) is 0 Å². The normalized spacial score (nSPS) is 12.3. The number of hydrogen-bond acceptors (Lipinski definition) is 6. The van der Waals surface area contributed by atoms with E-state index in [4.69, 9.17) is 16.3 Å². The Balaban J connectivity index is 2.14. The van der Waals surface area contributed by atoms with Gasteiger partial charge in [-0.05, 0) is 31.0 Å². The fraction of sp³-hybridized carbons (Fsp3) is 0.368. The summed E-state index contributed by atoms with van der Waals surface area (Å²) in [5.41, 5.74) is 0.346. The van der Waals surface area contributed by atoms with Gasteiger partial charge in [0.05, 0.1) is 13.2 Å². The van der Waals surface area contributed by atoms with Crippen LogP contribution >= 0.6 is 23.4 Å². The average molecular weight is 437 g/mol. The molecule has 0 aliphatic heterocycles. The SMILES string of the molecule is CCOC(=O)C(CC)Sc1nc2c(c(=O)[nH]c(=O)n2C)n1Cc1ccc(Cl)cc1. The molecule has 1 N–H and O–H groups in total. The van der Waals surface area contributed by atoms with Crippen LogP contribution in [-0.4, -0.2) is 36.9 Å². The standard InChI is InChI=1S/C19H21ClN4O4S/c1-4-13(17(26)28-5-2)29-19-21-15-14(16(25)22-18(27)23(15)3)24(19)10-11-6-8-12(20)9-7-11/h6-9,13H,4-5,10H2,1-3H3,(H,22,25,27). The van der Waals surface area contributed by atoms with Crippen LogP contribution in [0.1, 0.15) is 25.8 Å². The van der Waals surface area contributed by atoms with Crippen molar-refractivity contribution in [3.05, 3.63) is 55.7 Å². The molecule has 0 fully saturated rings. The van der Waals surface area contributed by atoms with E-state index in [-0.39, 0.29) is 23.7 Å². The molecular formula is C19H21ClN4O4S. The number of nitrogens with zero attached hydrogens (tertiary/aromatic N) is 3. The van der Waals surface area contributed by atoms with E-state index in [1.165, 1.54) is 23.4 Å². The Morgan fingerprint density at radius 3 is 2.59 bits per heavy atom. The zero-order valence-electron chi connectivity index (χ0n) is 16.3. The van der Waals surface area contributed by atoms with E-state index in [1.54, 1.807) is 23.6 Å². The number of aromatic nitrogens is 4. The predicted molar refractivity (Wildman–Crippen MR) is 113 cm³/mol. The van der Waals surface area contributed by atoms with Gasteiger partial charge < -0.3 is 9.30 Å². The number of hydrogen-bond donors (Lipinski definition) is 1. The molecule has 10 heteroatoms. The first-order valence-corrected chi connectivity index (χ1v) is 10.4. The second-order valence-corrected chi connectivity index (χ2v) is 7.97. The molecule has 0 spiro atoms. The highest BCUT2D eigenvalue weighted by Crippen LogP contribution is 2.29. The van der Waals surface area contributed by atoms with E-state index in [0.717, 1.165) is 5.56 Å². The van der Waals surface area contributed by atoms with Gasteiger partial charge in [-0.1, -0.05) is 42.4 Å². The van der Waals surface area contributed by atoms with Crippen LogP contribution < -0.4 is 11.2 Å². The van der Waals surface area contributed by atoms with E-state index in [0.29, 0.717) is 23.1 Å². The minimum Gasteiger partial charge on any atom is -0.465 e. The maximum absolute atomic E-state index is 12.6. The van der Waals surface area contributed by atoms with E-state index < -0.39 is 16.5 Å². The van der Waals surface area contributed by atoms with Gasteiger partial charge in [0.1, 0.15) is 5.25 Å². The van der Waals surface area contributed by atoms with Crippen molar-refractivity contribution in [3.8, 4) is 0 Å². The number of carbonyl (C=O) groups is 1. The molecule has 3 rings (SSSR count). The van der Waals surface area contributed by atoms with Crippen LogP contribution in [0.15, 0.2) is 39.0 Å². The molecule has 0 bridgehead atoms. The predicted octanol–water partition coefficient (Wildman–Crippen LogP) is 2.56. The van der Waals surface area contributed by atoms with Crippen molar-refractivity contribution >= 4 is 40.5 Å². The second kappa shape index (κ2) is 8.87. The number of nitrogens with one attached hydrogen (secondary N) is 1. The molecule has 0 saturated heterocycles. The minimum absolute atomic E-state index is 0.258. The van der Waals surface area contributed by atoms with Gasteiger partial charge in [0.15, 0.2) is 16.3 Å². The van der Waals surface area contributed by atoms with Gasteiger partial charge in [-0.2, -0.15) is 0 Å². The maximum atomic E-state index is 12.6. The summed E-state index contributed by atoms with van der Waals surface area (Å²) < 4.78 is 8.14. The number of aryl methyl sites for hydroxylation is 1. The number of halogens is 1. The van der Waals surface area contributed by atoms with Crippen LogP contribution in [0.3, 0.4) is 0 Å². The molecule has 1 atom stereocenters. The summed E-state index contributed by atoms with van der Waals surface area (Å²) in [5.74, 6) is -0.340. The molecule has 8 nitrogen and oxygen atoms in total. The smallest absolute Gasteiger partial charge is 0.329 e. The van der Waals surface area contributed by atoms with Crippen molar-refractivity contribution in [2.24, 2.45) is 7.05 Å². The number of thioether (sulfide) groups is 1. The number of ether oxygens (including phenoxy) is 1. The molecule has 3 aromatic rings. The summed E-state index contributed by atoms with van der Waals surface area (Å²) in [6.07, 6.45) is 0.531. The van der Waals surface area contributed by atoms with Gasteiger partial charge in [-0.3, -0.25) is 19.1 Å². The summed E-state index contributed by atoms with van der Waals surface area (Å²) in [4.78, 5) is 43.7. The van der Waals surface area contributed by atoms with Crippen molar-refractivity contribution in [2.45, 2.75) is 37.2 Å². The molecule has 2 heterocycles. The number of carbonyl (C=O) groups excluding carboxylic acids is 1. The van der Waals surface area contributed by atoms with Gasteiger partial charge in [0.2, 0.25) is 0 Å². The van der Waals surface area contributed by atoms with E-state index >= 15 is 0 Å². The number of fused-ring (bicyclic) bond motifs is 1. The highest BCUT2D eigenvalue weighted by molar-refractivity contribution is 8.00. The third kappa shape index (κ3) is 4.40. The fourth-order valence-electron chi connectivity index (χ4n) is 2.88. The second-order valence-electron chi connectivity index (χ2n) is 6.36. The number of rotatable bonds is 7. The fourth-order valence-corrected chi connectivity index (χ4v) is 4.02. The van der Waals surface area contributed by atoms with Crippen LogP contribution in [-0.2, 0) is 23.1 Å². The highest BCUT2D eigenvalue weighted by atomic mass is 35.5. The quantitative estimate of drug-likeness (QED) is 0.451. The average Bonchev–Trinajstić information content (AvgIpc) is 3.04. The Morgan fingerprint density at radius 1 is 1.28 bits per heavy atom. The lowest BCUT2D eigenvalue weighted by Gasteiger charge is -2.14. The van der Waals surface area contributed by atoms with Crippen molar-refractivity contribution in [2.75, 3.05) is 6.61 Å².